The second kappa shape index (κ2) is 9.45. The van der Waals surface area contributed by atoms with Gasteiger partial charge in [0.25, 0.3) is 0 Å². The molecule has 1 heterocycles. The van der Waals surface area contributed by atoms with Gasteiger partial charge in [0.15, 0.2) is 0 Å². The molecule has 11 heteroatoms. The predicted octanol–water partition coefficient (Wildman–Crippen LogP) is 1.34. The summed E-state index contributed by atoms with van der Waals surface area (Å²) in [5, 5.41) is 41.5. The summed E-state index contributed by atoms with van der Waals surface area (Å²) in [7, 11) is 4.82. The maximum Gasteiger partial charge on any atom is 0.340 e. The molecule has 0 aromatic heterocycles. The molecular formula is C32H44N2O9. The van der Waals surface area contributed by atoms with Crippen molar-refractivity contribution in [3.8, 4) is 0 Å². The Bertz CT molecular complexity index is 1340. The molecule has 7 bridgehead atoms. The lowest BCUT2D eigenvalue weighted by Crippen LogP contribution is -2.87. The SMILES string of the molecule is CCN1C[C@]2(OC(=O)c3ccccc3NC(C)=O)CC[C@H](OC)[C@@]34[C@@H]2C[C@](O)([C@@H]13)[C@@]1(O)C[C@H](OC)[C@H]2C[C@@H]4[C@]1(O)[C@H]2OC. The van der Waals surface area contributed by atoms with E-state index in [1.54, 1.807) is 45.6 Å². The largest absolute Gasteiger partial charge is 0.454 e. The third kappa shape index (κ3) is 3.24. The summed E-state index contributed by atoms with van der Waals surface area (Å²) >= 11 is 0. The van der Waals surface area contributed by atoms with Crippen LogP contribution < -0.4 is 5.32 Å². The van der Waals surface area contributed by atoms with Gasteiger partial charge in [-0.25, -0.2) is 4.79 Å². The molecular weight excluding hydrogens is 556 g/mol. The van der Waals surface area contributed by atoms with Crippen molar-refractivity contribution < 1.29 is 43.9 Å². The van der Waals surface area contributed by atoms with E-state index in [9.17, 15) is 24.9 Å². The fraction of sp³-hybridized carbons (Fsp3) is 0.750. The Morgan fingerprint density at radius 2 is 1.79 bits per heavy atom. The van der Waals surface area contributed by atoms with Crippen LogP contribution in [-0.4, -0.2) is 113 Å². The average molecular weight is 601 g/mol. The Hall–Kier alpha value is -2.12. The molecule has 7 rings (SSSR count). The van der Waals surface area contributed by atoms with E-state index in [0.717, 1.165) is 0 Å². The van der Waals surface area contributed by atoms with Crippen LogP contribution in [-0.2, 0) is 23.7 Å². The van der Waals surface area contributed by atoms with E-state index in [1.807, 2.05) is 6.92 Å². The van der Waals surface area contributed by atoms with Crippen molar-refractivity contribution in [2.75, 3.05) is 39.7 Å². The molecule has 11 nitrogen and oxygen atoms in total. The number of fused-ring (bicyclic) bond motifs is 2. The summed E-state index contributed by atoms with van der Waals surface area (Å²) in [6.07, 6.45) is 0.245. The lowest BCUT2D eigenvalue weighted by atomic mass is 9.43. The fourth-order valence-electron chi connectivity index (χ4n) is 11.6. The number of amides is 1. The van der Waals surface area contributed by atoms with Gasteiger partial charge in [-0.1, -0.05) is 19.1 Å². The molecule has 5 aliphatic carbocycles. The van der Waals surface area contributed by atoms with Crippen molar-refractivity contribution in [2.24, 2.45) is 23.2 Å². The van der Waals surface area contributed by atoms with Gasteiger partial charge in [0.1, 0.15) is 22.4 Å². The molecule has 6 fully saturated rings. The van der Waals surface area contributed by atoms with Gasteiger partial charge in [0.05, 0.1) is 35.6 Å². The summed E-state index contributed by atoms with van der Waals surface area (Å²) in [6, 6.07) is 6.23. The number of methoxy groups -OCH3 is 3. The number of nitrogens with one attached hydrogen (secondary N) is 1. The van der Waals surface area contributed by atoms with Gasteiger partial charge in [0, 0.05) is 64.4 Å². The number of aliphatic hydroxyl groups is 3. The number of nitrogens with zero attached hydrogens (tertiary/aromatic N) is 1. The molecule has 1 amide bonds. The maximum absolute atomic E-state index is 14.0. The minimum absolute atomic E-state index is 0.0723. The number of carbonyl (C=O) groups is 2. The first kappa shape index (κ1) is 29.6. The first-order chi connectivity index (χ1) is 20.4. The molecule has 6 aliphatic rings. The normalized spacial score (nSPS) is 49.1. The van der Waals surface area contributed by atoms with Gasteiger partial charge in [-0.3, -0.25) is 9.69 Å². The van der Waals surface area contributed by atoms with Crippen molar-refractivity contribution in [1.82, 2.24) is 4.90 Å². The highest BCUT2D eigenvalue weighted by molar-refractivity contribution is 6.00. The number of hydrogen-bond acceptors (Lipinski definition) is 10. The number of likely N-dealkylation sites (tertiary alicyclic amines) is 1. The fourth-order valence-corrected chi connectivity index (χ4v) is 11.6. The number of carbonyl (C=O) groups excluding carboxylic acids is 2. The average Bonchev–Trinajstić information content (AvgIpc) is 3.36. The van der Waals surface area contributed by atoms with E-state index < -0.39 is 63.9 Å². The summed E-state index contributed by atoms with van der Waals surface area (Å²) < 4.78 is 24.8. The lowest BCUT2D eigenvalue weighted by molar-refractivity contribution is -0.369. The molecule has 0 unspecified atom stereocenters. The van der Waals surface area contributed by atoms with Crippen LogP contribution in [0.1, 0.15) is 56.3 Å². The van der Waals surface area contributed by atoms with Crippen LogP contribution in [0, 0.1) is 23.2 Å². The Morgan fingerprint density at radius 3 is 2.44 bits per heavy atom. The second-order valence-electron chi connectivity index (χ2n) is 13.9. The van der Waals surface area contributed by atoms with Gasteiger partial charge in [-0.2, -0.15) is 0 Å². The van der Waals surface area contributed by atoms with Crippen LogP contribution in [0.25, 0.3) is 0 Å². The van der Waals surface area contributed by atoms with Crippen LogP contribution in [0.15, 0.2) is 24.3 Å². The van der Waals surface area contributed by atoms with Crippen molar-refractivity contribution in [3.63, 3.8) is 0 Å². The molecule has 0 radical (unpaired) electrons. The molecule has 12 atom stereocenters. The first-order valence-electron chi connectivity index (χ1n) is 15.5. The van der Waals surface area contributed by atoms with Crippen molar-refractivity contribution in [2.45, 2.75) is 92.7 Å². The number of benzene rings is 1. The van der Waals surface area contributed by atoms with Crippen molar-refractivity contribution in [3.05, 3.63) is 29.8 Å². The lowest BCUT2D eigenvalue weighted by Gasteiger charge is -2.71. The highest BCUT2D eigenvalue weighted by atomic mass is 16.6. The summed E-state index contributed by atoms with van der Waals surface area (Å²) in [5.74, 6) is -1.97. The minimum Gasteiger partial charge on any atom is -0.454 e. The Balaban J connectivity index is 1.41. The van der Waals surface area contributed by atoms with Gasteiger partial charge in [0.2, 0.25) is 5.91 Å². The maximum atomic E-state index is 14.0. The molecule has 4 N–H and O–H groups in total. The van der Waals surface area contributed by atoms with E-state index >= 15 is 0 Å². The Labute approximate surface area is 251 Å². The van der Waals surface area contributed by atoms with Crippen LogP contribution >= 0.6 is 0 Å². The first-order valence-corrected chi connectivity index (χ1v) is 15.5. The van der Waals surface area contributed by atoms with E-state index in [4.69, 9.17) is 18.9 Å². The van der Waals surface area contributed by atoms with E-state index in [-0.39, 0.29) is 36.3 Å². The standard InChI is InChI=1S/C32H44N2O9/c1-6-34-16-28(43-26(36)18-9-7-8-10-20(18)33-17(2)35)12-11-24(41-4)31-22-13-19-21(40-3)14-30(38,32(22,39)25(19)42-5)29(37,27(31)34)15-23(28)31/h7-10,19,21-25,27,37-39H,6,11-16H2,1-5H3,(H,33,35)/t19-,21+,22+,23-,24+,25+,27-,28-,29+,30+,31-,32+/m1/s1. The Morgan fingerprint density at radius 1 is 1.05 bits per heavy atom. The van der Waals surface area contributed by atoms with Crippen LogP contribution in [0.2, 0.25) is 0 Å². The summed E-state index contributed by atoms with van der Waals surface area (Å²) in [4.78, 5) is 28.1. The highest BCUT2D eigenvalue weighted by Gasteiger charge is 2.93. The van der Waals surface area contributed by atoms with E-state index in [0.29, 0.717) is 38.0 Å². The van der Waals surface area contributed by atoms with E-state index in [1.165, 1.54) is 6.92 Å². The number of esters is 1. The minimum atomic E-state index is -1.93. The molecule has 236 valence electrons. The van der Waals surface area contributed by atoms with E-state index in [2.05, 4.69) is 10.2 Å². The summed E-state index contributed by atoms with van der Waals surface area (Å²) in [6.45, 7) is 4.30. The molecule has 1 aromatic carbocycles. The number of hydrogen-bond donors (Lipinski definition) is 4. The zero-order valence-electron chi connectivity index (χ0n) is 25.5. The molecule has 1 aromatic rings. The number of rotatable bonds is 7. The number of ether oxygens (including phenoxy) is 4. The Kier molecular flexibility index (Phi) is 6.50. The smallest absolute Gasteiger partial charge is 0.340 e. The quantitative estimate of drug-likeness (QED) is 0.338. The van der Waals surface area contributed by atoms with Crippen molar-refractivity contribution in [1.29, 1.82) is 0 Å². The number of piperidine rings is 1. The predicted molar refractivity (Wildman–Crippen MR) is 153 cm³/mol. The topological polar surface area (TPSA) is 147 Å². The molecule has 5 saturated carbocycles. The molecule has 1 aliphatic heterocycles. The second-order valence-corrected chi connectivity index (χ2v) is 13.9. The van der Waals surface area contributed by atoms with Crippen molar-refractivity contribution >= 4 is 17.6 Å². The number of anilines is 1. The number of para-hydroxylation sites is 1. The van der Waals surface area contributed by atoms with Crippen LogP contribution in [0.3, 0.4) is 0 Å². The molecule has 43 heavy (non-hydrogen) atoms. The summed E-state index contributed by atoms with van der Waals surface area (Å²) in [5.41, 5.74) is -6.72. The molecule has 1 saturated heterocycles. The zero-order valence-corrected chi connectivity index (χ0v) is 25.5. The monoisotopic (exact) mass is 600 g/mol. The zero-order chi connectivity index (χ0) is 30.7. The van der Waals surface area contributed by atoms with Gasteiger partial charge in [-0.05, 0) is 44.4 Å². The van der Waals surface area contributed by atoms with Gasteiger partial charge in [-0.15, -0.1) is 0 Å². The molecule has 1 spiro atoms. The van der Waals surface area contributed by atoms with Gasteiger partial charge < -0.3 is 39.6 Å². The van der Waals surface area contributed by atoms with Crippen LogP contribution in [0.5, 0.6) is 0 Å². The highest BCUT2D eigenvalue weighted by Crippen LogP contribution is 2.80. The number of likely N-dealkylation sites (N-methyl/N-ethyl adjacent to an activating group) is 1. The van der Waals surface area contributed by atoms with Gasteiger partial charge >= 0.3 is 5.97 Å². The third-order valence-electron chi connectivity index (χ3n) is 12.7. The van der Waals surface area contributed by atoms with Crippen LogP contribution in [0.4, 0.5) is 5.69 Å². The third-order valence-corrected chi connectivity index (χ3v) is 12.7.